The molecule has 2 aromatic carbocycles. The fraction of sp³-hybridized carbons (Fsp3) is 0.133. The Balaban J connectivity index is 2.00. The molecular formula is C15H16ClN3O2. The van der Waals surface area contributed by atoms with E-state index in [1.54, 1.807) is 49.6 Å². The number of guanidine groups is 1. The van der Waals surface area contributed by atoms with E-state index >= 15 is 0 Å². The molecule has 0 fully saturated rings. The number of aromatic hydroxyl groups is 1. The summed E-state index contributed by atoms with van der Waals surface area (Å²) in [6, 6.07) is 12.1. The maximum absolute atomic E-state index is 9.20. The number of phenolic OH excluding ortho intramolecular Hbond substituents is 1. The van der Waals surface area contributed by atoms with Crippen LogP contribution in [0.2, 0.25) is 5.02 Å². The predicted octanol–water partition coefficient (Wildman–Crippen LogP) is 2.98. The van der Waals surface area contributed by atoms with Gasteiger partial charge in [-0.05, 0) is 35.9 Å². The lowest BCUT2D eigenvalue weighted by Crippen LogP contribution is -2.22. The van der Waals surface area contributed by atoms with Crippen molar-refractivity contribution < 1.29 is 9.84 Å². The average Bonchev–Trinajstić information content (AvgIpc) is 2.47. The van der Waals surface area contributed by atoms with E-state index in [9.17, 15) is 5.11 Å². The molecular weight excluding hydrogens is 290 g/mol. The van der Waals surface area contributed by atoms with Gasteiger partial charge in [-0.25, -0.2) is 4.99 Å². The molecule has 0 aliphatic rings. The molecule has 2 aromatic rings. The SMILES string of the molecule is COc1ccc(NC(N)=NCc2ccc(O)cc2)cc1Cl. The first kappa shape index (κ1) is 15.0. The fourth-order valence-corrected chi connectivity index (χ4v) is 1.97. The van der Waals surface area contributed by atoms with Gasteiger partial charge in [-0.3, -0.25) is 0 Å². The minimum absolute atomic E-state index is 0.224. The summed E-state index contributed by atoms with van der Waals surface area (Å²) in [4.78, 5) is 4.22. The number of phenols is 1. The summed E-state index contributed by atoms with van der Waals surface area (Å²) >= 11 is 6.03. The van der Waals surface area contributed by atoms with Crippen LogP contribution in [0.3, 0.4) is 0 Å². The van der Waals surface area contributed by atoms with Crippen molar-refractivity contribution in [1.82, 2.24) is 0 Å². The summed E-state index contributed by atoms with van der Waals surface area (Å²) < 4.78 is 5.08. The highest BCUT2D eigenvalue weighted by Gasteiger charge is 2.02. The number of halogens is 1. The van der Waals surface area contributed by atoms with Gasteiger partial charge < -0.3 is 20.9 Å². The van der Waals surface area contributed by atoms with Gasteiger partial charge in [0.05, 0.1) is 18.7 Å². The molecule has 0 amide bonds. The Morgan fingerprint density at radius 2 is 2.00 bits per heavy atom. The van der Waals surface area contributed by atoms with E-state index in [1.165, 1.54) is 0 Å². The Kier molecular flexibility index (Phi) is 4.90. The van der Waals surface area contributed by atoms with Crippen molar-refractivity contribution in [3.63, 3.8) is 0 Å². The van der Waals surface area contributed by atoms with Crippen LogP contribution in [0.15, 0.2) is 47.5 Å². The Bertz CT molecular complexity index is 642. The van der Waals surface area contributed by atoms with E-state index in [4.69, 9.17) is 22.1 Å². The summed E-state index contributed by atoms with van der Waals surface area (Å²) in [6.07, 6.45) is 0. The van der Waals surface area contributed by atoms with Gasteiger partial charge in [0.15, 0.2) is 5.96 Å². The first-order valence-corrected chi connectivity index (χ1v) is 6.64. The number of nitrogens with one attached hydrogen (secondary N) is 1. The van der Waals surface area contributed by atoms with Crippen LogP contribution >= 0.6 is 11.6 Å². The van der Waals surface area contributed by atoms with Crippen LogP contribution in [0, 0.1) is 0 Å². The number of nitrogens with two attached hydrogens (primary N) is 1. The van der Waals surface area contributed by atoms with Gasteiger partial charge in [0, 0.05) is 5.69 Å². The molecule has 0 unspecified atom stereocenters. The van der Waals surface area contributed by atoms with Crippen molar-refractivity contribution in [3.8, 4) is 11.5 Å². The van der Waals surface area contributed by atoms with Crippen LogP contribution in [0.5, 0.6) is 11.5 Å². The molecule has 5 nitrogen and oxygen atoms in total. The minimum atomic E-state index is 0.224. The zero-order valence-electron chi connectivity index (χ0n) is 11.5. The van der Waals surface area contributed by atoms with Gasteiger partial charge in [-0.2, -0.15) is 0 Å². The summed E-state index contributed by atoms with van der Waals surface area (Å²) in [5.41, 5.74) is 7.50. The molecule has 4 N–H and O–H groups in total. The molecule has 0 atom stereocenters. The third kappa shape index (κ3) is 4.29. The lowest BCUT2D eigenvalue weighted by atomic mass is 10.2. The van der Waals surface area contributed by atoms with E-state index in [1.807, 2.05) is 0 Å². The molecule has 0 spiro atoms. The largest absolute Gasteiger partial charge is 0.508 e. The summed E-state index contributed by atoms with van der Waals surface area (Å²) in [7, 11) is 1.56. The zero-order valence-corrected chi connectivity index (χ0v) is 12.3. The Labute approximate surface area is 128 Å². The monoisotopic (exact) mass is 305 g/mol. The number of benzene rings is 2. The molecule has 0 heterocycles. The van der Waals surface area contributed by atoms with Gasteiger partial charge in [-0.1, -0.05) is 23.7 Å². The lowest BCUT2D eigenvalue weighted by molar-refractivity contribution is 0.415. The summed E-state index contributed by atoms with van der Waals surface area (Å²) in [5.74, 6) is 1.10. The molecule has 0 aliphatic heterocycles. The van der Waals surface area contributed by atoms with E-state index in [0.717, 1.165) is 11.3 Å². The van der Waals surface area contributed by atoms with Crippen molar-refractivity contribution in [2.24, 2.45) is 10.7 Å². The first-order chi connectivity index (χ1) is 10.1. The second kappa shape index (κ2) is 6.85. The number of hydrogen-bond acceptors (Lipinski definition) is 3. The molecule has 2 rings (SSSR count). The molecule has 0 aromatic heterocycles. The molecule has 0 aliphatic carbocycles. The van der Waals surface area contributed by atoms with Crippen LogP contribution in [0.25, 0.3) is 0 Å². The molecule has 0 radical (unpaired) electrons. The topological polar surface area (TPSA) is 79.9 Å². The number of aliphatic imine (C=N–C) groups is 1. The smallest absolute Gasteiger partial charge is 0.193 e. The highest BCUT2D eigenvalue weighted by molar-refractivity contribution is 6.32. The number of methoxy groups -OCH3 is 1. The summed E-state index contributed by atoms with van der Waals surface area (Å²) in [5, 5.41) is 12.7. The number of anilines is 1. The second-order valence-electron chi connectivity index (χ2n) is 4.34. The van der Waals surface area contributed by atoms with Crippen LogP contribution < -0.4 is 15.8 Å². The lowest BCUT2D eigenvalue weighted by Gasteiger charge is -2.08. The second-order valence-corrected chi connectivity index (χ2v) is 4.75. The summed E-state index contributed by atoms with van der Waals surface area (Å²) in [6.45, 7) is 0.420. The van der Waals surface area contributed by atoms with E-state index in [0.29, 0.717) is 17.3 Å². The van der Waals surface area contributed by atoms with Crippen LogP contribution in [-0.4, -0.2) is 18.2 Å². The minimum Gasteiger partial charge on any atom is -0.508 e. The quantitative estimate of drug-likeness (QED) is 0.599. The first-order valence-electron chi connectivity index (χ1n) is 6.27. The zero-order chi connectivity index (χ0) is 15.2. The number of ether oxygens (including phenoxy) is 1. The van der Waals surface area contributed by atoms with Crippen LogP contribution in [0.1, 0.15) is 5.56 Å². The van der Waals surface area contributed by atoms with Gasteiger partial charge in [0.2, 0.25) is 0 Å². The Morgan fingerprint density at radius 3 is 2.62 bits per heavy atom. The van der Waals surface area contributed by atoms with Crippen molar-refractivity contribution >= 4 is 23.2 Å². The molecule has 0 saturated carbocycles. The number of rotatable bonds is 4. The van der Waals surface area contributed by atoms with Crippen molar-refractivity contribution in [1.29, 1.82) is 0 Å². The average molecular weight is 306 g/mol. The number of nitrogens with zero attached hydrogens (tertiary/aromatic N) is 1. The van der Waals surface area contributed by atoms with Crippen LogP contribution in [0.4, 0.5) is 5.69 Å². The third-order valence-electron chi connectivity index (χ3n) is 2.79. The van der Waals surface area contributed by atoms with Gasteiger partial charge in [0.25, 0.3) is 0 Å². The highest BCUT2D eigenvalue weighted by atomic mass is 35.5. The van der Waals surface area contributed by atoms with Gasteiger partial charge in [0.1, 0.15) is 11.5 Å². The standard InChI is InChI=1S/C15H16ClN3O2/c1-21-14-7-4-11(8-13(14)16)19-15(17)18-9-10-2-5-12(20)6-3-10/h2-8,20H,9H2,1H3,(H3,17,18,19). The molecule has 0 saturated heterocycles. The Hall–Kier alpha value is -2.40. The Morgan fingerprint density at radius 1 is 1.29 bits per heavy atom. The molecule has 0 bridgehead atoms. The van der Waals surface area contributed by atoms with E-state index < -0.39 is 0 Å². The maximum Gasteiger partial charge on any atom is 0.193 e. The van der Waals surface area contributed by atoms with E-state index in [-0.39, 0.29) is 11.7 Å². The normalized spacial score (nSPS) is 11.2. The van der Waals surface area contributed by atoms with Gasteiger partial charge >= 0.3 is 0 Å². The van der Waals surface area contributed by atoms with Crippen molar-refractivity contribution in [2.75, 3.05) is 12.4 Å². The van der Waals surface area contributed by atoms with Crippen LogP contribution in [-0.2, 0) is 6.54 Å². The van der Waals surface area contributed by atoms with Gasteiger partial charge in [-0.15, -0.1) is 0 Å². The van der Waals surface area contributed by atoms with Crippen molar-refractivity contribution in [2.45, 2.75) is 6.54 Å². The molecule has 6 heteroatoms. The molecule has 110 valence electrons. The predicted molar refractivity (Wildman–Crippen MR) is 85.1 cm³/mol. The molecule has 21 heavy (non-hydrogen) atoms. The third-order valence-corrected chi connectivity index (χ3v) is 3.09. The van der Waals surface area contributed by atoms with E-state index in [2.05, 4.69) is 10.3 Å². The highest BCUT2D eigenvalue weighted by Crippen LogP contribution is 2.27. The van der Waals surface area contributed by atoms with Crippen molar-refractivity contribution in [3.05, 3.63) is 53.1 Å². The maximum atomic E-state index is 9.20. The number of hydrogen-bond donors (Lipinski definition) is 3. The fourth-order valence-electron chi connectivity index (χ4n) is 1.71.